The number of hydrogen-bond donors (Lipinski definition) is 0. The second-order valence-corrected chi connectivity index (χ2v) is 4.59. The lowest BCUT2D eigenvalue weighted by Crippen LogP contribution is -2.25. The van der Waals surface area contributed by atoms with Gasteiger partial charge in [0.2, 0.25) is 5.91 Å². The third-order valence-electron chi connectivity index (χ3n) is 2.88. The zero-order chi connectivity index (χ0) is 9.84. The molecule has 1 fully saturated rings. The van der Waals surface area contributed by atoms with Crippen LogP contribution in [-0.4, -0.2) is 23.9 Å². The fraction of sp³-hybridized carbons (Fsp3) is 0.909. The highest BCUT2D eigenvalue weighted by Gasteiger charge is 2.23. The molecule has 1 saturated heterocycles. The average molecular weight is 183 g/mol. The summed E-state index contributed by atoms with van der Waals surface area (Å²) < 4.78 is 0. The molecule has 0 aromatic rings. The van der Waals surface area contributed by atoms with E-state index in [9.17, 15) is 4.79 Å². The van der Waals surface area contributed by atoms with Gasteiger partial charge in [-0.25, -0.2) is 0 Å². The van der Waals surface area contributed by atoms with E-state index in [0.29, 0.717) is 0 Å². The minimum Gasteiger partial charge on any atom is -0.343 e. The van der Waals surface area contributed by atoms with E-state index in [4.69, 9.17) is 0 Å². The van der Waals surface area contributed by atoms with Crippen LogP contribution in [0.2, 0.25) is 0 Å². The molecule has 0 aliphatic carbocycles. The number of carbonyl (C=O) groups is 1. The third-order valence-corrected chi connectivity index (χ3v) is 2.88. The molecule has 1 unspecified atom stereocenters. The van der Waals surface area contributed by atoms with Gasteiger partial charge < -0.3 is 4.90 Å². The molecule has 0 aromatic carbocycles. The highest BCUT2D eigenvalue weighted by Crippen LogP contribution is 2.22. The lowest BCUT2D eigenvalue weighted by atomic mass is 9.97. The Morgan fingerprint density at radius 1 is 1.54 bits per heavy atom. The zero-order valence-corrected chi connectivity index (χ0v) is 9.05. The van der Waals surface area contributed by atoms with Gasteiger partial charge >= 0.3 is 0 Å². The second-order valence-electron chi connectivity index (χ2n) is 4.59. The van der Waals surface area contributed by atoms with Crippen LogP contribution in [0.4, 0.5) is 0 Å². The summed E-state index contributed by atoms with van der Waals surface area (Å²) in [5, 5.41) is 0. The van der Waals surface area contributed by atoms with Crippen molar-refractivity contribution in [2.24, 2.45) is 11.8 Å². The predicted molar refractivity (Wildman–Crippen MR) is 54.4 cm³/mol. The van der Waals surface area contributed by atoms with Crippen LogP contribution in [0.3, 0.4) is 0 Å². The van der Waals surface area contributed by atoms with Crippen molar-refractivity contribution in [1.82, 2.24) is 4.90 Å². The first-order valence-corrected chi connectivity index (χ1v) is 5.35. The van der Waals surface area contributed by atoms with Gasteiger partial charge in [-0.1, -0.05) is 20.3 Å². The number of nitrogens with zero attached hydrogens (tertiary/aromatic N) is 1. The Hall–Kier alpha value is -0.530. The molecule has 1 rings (SSSR count). The highest BCUT2D eigenvalue weighted by molar-refractivity contribution is 5.73. The fourth-order valence-corrected chi connectivity index (χ4v) is 1.92. The Bertz CT molecular complexity index is 177. The molecule has 0 radical (unpaired) electrons. The van der Waals surface area contributed by atoms with Crippen LogP contribution in [0.25, 0.3) is 0 Å². The normalized spacial score (nSPS) is 22.8. The summed E-state index contributed by atoms with van der Waals surface area (Å²) >= 11 is 0. The first-order valence-electron chi connectivity index (χ1n) is 5.35. The lowest BCUT2D eigenvalue weighted by Gasteiger charge is -2.14. The summed E-state index contributed by atoms with van der Waals surface area (Å²) in [6.07, 6.45) is 3.81. The summed E-state index contributed by atoms with van der Waals surface area (Å²) in [5.41, 5.74) is 0. The standard InChI is InChI=1S/C11H21NO/c1-9(2)4-5-11-6-7-12(8-11)10(3)13/h9,11H,4-8H2,1-3H3. The Kier molecular flexibility index (Phi) is 3.76. The van der Waals surface area contributed by atoms with Gasteiger partial charge in [0, 0.05) is 20.0 Å². The molecule has 13 heavy (non-hydrogen) atoms. The van der Waals surface area contributed by atoms with E-state index < -0.39 is 0 Å². The molecule has 0 bridgehead atoms. The molecule has 1 aliphatic heterocycles. The van der Waals surface area contributed by atoms with Gasteiger partial charge in [0.1, 0.15) is 0 Å². The Morgan fingerprint density at radius 2 is 2.23 bits per heavy atom. The van der Waals surface area contributed by atoms with Gasteiger partial charge in [0.05, 0.1) is 0 Å². The van der Waals surface area contributed by atoms with Gasteiger partial charge in [0.25, 0.3) is 0 Å². The SMILES string of the molecule is CC(=O)N1CCC(CCC(C)C)C1. The van der Waals surface area contributed by atoms with Crippen LogP contribution in [0.15, 0.2) is 0 Å². The molecule has 1 heterocycles. The predicted octanol–water partition coefficient (Wildman–Crippen LogP) is 2.29. The molecule has 2 heteroatoms. The highest BCUT2D eigenvalue weighted by atomic mass is 16.2. The Labute approximate surface area is 81.3 Å². The molecule has 2 nitrogen and oxygen atoms in total. The van der Waals surface area contributed by atoms with Gasteiger partial charge in [-0.15, -0.1) is 0 Å². The molecule has 0 N–H and O–H groups in total. The molecule has 0 aromatic heterocycles. The van der Waals surface area contributed by atoms with Gasteiger partial charge in [-0.05, 0) is 24.7 Å². The summed E-state index contributed by atoms with van der Waals surface area (Å²) in [6, 6.07) is 0. The van der Waals surface area contributed by atoms with Crippen LogP contribution in [-0.2, 0) is 4.79 Å². The summed E-state index contributed by atoms with van der Waals surface area (Å²) in [7, 11) is 0. The first kappa shape index (κ1) is 10.6. The van der Waals surface area contributed by atoms with E-state index in [1.165, 1.54) is 19.3 Å². The van der Waals surface area contributed by atoms with E-state index in [2.05, 4.69) is 13.8 Å². The number of carbonyl (C=O) groups excluding carboxylic acids is 1. The molecular formula is C11H21NO. The maximum Gasteiger partial charge on any atom is 0.219 e. The van der Waals surface area contributed by atoms with Gasteiger partial charge in [-0.3, -0.25) is 4.79 Å². The van der Waals surface area contributed by atoms with Crippen LogP contribution >= 0.6 is 0 Å². The van der Waals surface area contributed by atoms with Crippen LogP contribution in [0.5, 0.6) is 0 Å². The topological polar surface area (TPSA) is 20.3 Å². The van der Waals surface area contributed by atoms with Crippen LogP contribution in [0, 0.1) is 11.8 Å². The summed E-state index contributed by atoms with van der Waals surface area (Å²) in [4.78, 5) is 13.0. The largest absolute Gasteiger partial charge is 0.343 e. The quantitative estimate of drug-likeness (QED) is 0.657. The zero-order valence-electron chi connectivity index (χ0n) is 9.05. The van der Waals surface area contributed by atoms with Crippen molar-refractivity contribution in [3.63, 3.8) is 0 Å². The second kappa shape index (κ2) is 4.64. The molecule has 1 amide bonds. The van der Waals surface area contributed by atoms with Crippen molar-refractivity contribution >= 4 is 5.91 Å². The lowest BCUT2D eigenvalue weighted by molar-refractivity contribution is -0.127. The van der Waals surface area contributed by atoms with E-state index in [1.807, 2.05) is 4.90 Å². The Morgan fingerprint density at radius 3 is 2.69 bits per heavy atom. The van der Waals surface area contributed by atoms with Crippen molar-refractivity contribution in [2.75, 3.05) is 13.1 Å². The maximum absolute atomic E-state index is 11.1. The fourth-order valence-electron chi connectivity index (χ4n) is 1.92. The van der Waals surface area contributed by atoms with Crippen molar-refractivity contribution in [3.05, 3.63) is 0 Å². The van der Waals surface area contributed by atoms with Crippen molar-refractivity contribution in [3.8, 4) is 0 Å². The molecule has 1 aliphatic rings. The third kappa shape index (κ3) is 3.37. The minimum atomic E-state index is 0.243. The van der Waals surface area contributed by atoms with Crippen LogP contribution in [0.1, 0.15) is 40.0 Å². The summed E-state index contributed by atoms with van der Waals surface area (Å²) in [5.74, 6) is 1.81. The molecule has 76 valence electrons. The van der Waals surface area contributed by atoms with E-state index in [0.717, 1.165) is 24.9 Å². The summed E-state index contributed by atoms with van der Waals surface area (Å²) in [6.45, 7) is 8.18. The van der Waals surface area contributed by atoms with Crippen molar-refractivity contribution in [2.45, 2.75) is 40.0 Å². The van der Waals surface area contributed by atoms with Crippen molar-refractivity contribution < 1.29 is 4.79 Å². The number of hydrogen-bond acceptors (Lipinski definition) is 1. The van der Waals surface area contributed by atoms with Crippen LogP contribution < -0.4 is 0 Å². The maximum atomic E-state index is 11.1. The molecule has 0 saturated carbocycles. The number of likely N-dealkylation sites (tertiary alicyclic amines) is 1. The van der Waals surface area contributed by atoms with Crippen molar-refractivity contribution in [1.29, 1.82) is 0 Å². The molecular weight excluding hydrogens is 162 g/mol. The van der Waals surface area contributed by atoms with E-state index in [1.54, 1.807) is 6.92 Å². The Balaban J connectivity index is 2.21. The van der Waals surface area contributed by atoms with Gasteiger partial charge in [-0.2, -0.15) is 0 Å². The molecule has 1 atom stereocenters. The molecule has 0 spiro atoms. The smallest absolute Gasteiger partial charge is 0.219 e. The first-order chi connectivity index (χ1) is 6.09. The minimum absolute atomic E-state index is 0.243. The monoisotopic (exact) mass is 183 g/mol. The number of amides is 1. The van der Waals surface area contributed by atoms with Gasteiger partial charge in [0.15, 0.2) is 0 Å². The van der Waals surface area contributed by atoms with E-state index >= 15 is 0 Å². The number of rotatable bonds is 3. The van der Waals surface area contributed by atoms with E-state index in [-0.39, 0.29) is 5.91 Å². The average Bonchev–Trinajstić information content (AvgIpc) is 2.48.